The summed E-state index contributed by atoms with van der Waals surface area (Å²) < 4.78 is 5.87. The Morgan fingerprint density at radius 2 is 2.07 bits per heavy atom. The Labute approximate surface area is 167 Å². The lowest BCUT2D eigenvalue weighted by molar-refractivity contribution is -0.141. The summed E-state index contributed by atoms with van der Waals surface area (Å²) in [5, 5.41) is 11.0. The molecule has 3 heterocycles. The molecule has 0 saturated carbocycles. The van der Waals surface area contributed by atoms with Gasteiger partial charge in [-0.25, -0.2) is 4.98 Å². The van der Waals surface area contributed by atoms with Crippen molar-refractivity contribution in [2.45, 2.75) is 31.9 Å². The number of halogens is 1. The highest BCUT2D eigenvalue weighted by Crippen LogP contribution is 2.24. The van der Waals surface area contributed by atoms with Crippen LogP contribution in [0.25, 0.3) is 0 Å². The number of hydrogen-bond donors (Lipinski definition) is 1. The number of aromatic nitrogens is 2. The fourth-order valence-corrected chi connectivity index (χ4v) is 3.43. The van der Waals surface area contributed by atoms with Gasteiger partial charge in [0.25, 0.3) is 5.91 Å². The summed E-state index contributed by atoms with van der Waals surface area (Å²) in [5.74, 6) is 1.15. The second-order valence-electron chi connectivity index (χ2n) is 6.80. The fourth-order valence-electron chi connectivity index (χ4n) is 3.30. The lowest BCUT2D eigenvalue weighted by Gasteiger charge is -2.27. The van der Waals surface area contributed by atoms with Gasteiger partial charge in [0.2, 0.25) is 0 Å². The van der Waals surface area contributed by atoms with E-state index < -0.39 is 6.10 Å². The molecule has 1 amide bonds. The van der Waals surface area contributed by atoms with Gasteiger partial charge in [-0.05, 0) is 35.7 Å². The van der Waals surface area contributed by atoms with Gasteiger partial charge in [0.05, 0.1) is 6.54 Å². The van der Waals surface area contributed by atoms with Gasteiger partial charge >= 0.3 is 0 Å². The Morgan fingerprint density at radius 1 is 1.25 bits per heavy atom. The predicted octanol–water partition coefficient (Wildman–Crippen LogP) is 3.13. The lowest BCUT2D eigenvalue weighted by Crippen LogP contribution is -2.38. The first-order valence-corrected chi connectivity index (χ1v) is 9.56. The first kappa shape index (κ1) is 18.7. The van der Waals surface area contributed by atoms with E-state index in [0.29, 0.717) is 42.4 Å². The Bertz CT molecular complexity index is 957. The minimum Gasteiger partial charge on any atom is -0.445 e. The Kier molecular flexibility index (Phi) is 5.41. The molecule has 3 aromatic rings. The molecule has 6 nitrogen and oxygen atoms in total. The zero-order chi connectivity index (χ0) is 19.5. The van der Waals surface area contributed by atoms with Crippen LogP contribution in [0.5, 0.6) is 0 Å². The highest BCUT2D eigenvalue weighted by molar-refractivity contribution is 6.30. The van der Waals surface area contributed by atoms with Crippen molar-refractivity contribution < 1.29 is 14.3 Å². The molecule has 0 saturated heterocycles. The summed E-state index contributed by atoms with van der Waals surface area (Å²) in [4.78, 5) is 23.0. The van der Waals surface area contributed by atoms with Crippen molar-refractivity contribution in [1.82, 2.24) is 14.9 Å². The van der Waals surface area contributed by atoms with Crippen molar-refractivity contribution in [2.24, 2.45) is 0 Å². The monoisotopic (exact) mass is 397 g/mol. The van der Waals surface area contributed by atoms with E-state index in [9.17, 15) is 9.90 Å². The second kappa shape index (κ2) is 8.12. The SMILES string of the molecule is O=C(C(O)c1ccc(Cl)cc1)N1CCc2oc(CCc3cccnc3)nc2C1. The summed E-state index contributed by atoms with van der Waals surface area (Å²) in [6.45, 7) is 0.836. The van der Waals surface area contributed by atoms with Gasteiger partial charge in [-0.1, -0.05) is 29.8 Å². The molecular weight excluding hydrogens is 378 g/mol. The van der Waals surface area contributed by atoms with Crippen LogP contribution in [-0.2, 0) is 30.6 Å². The summed E-state index contributed by atoms with van der Waals surface area (Å²) in [6.07, 6.45) is 4.44. The summed E-state index contributed by atoms with van der Waals surface area (Å²) in [7, 11) is 0. The van der Waals surface area contributed by atoms with Gasteiger partial charge in [-0.2, -0.15) is 0 Å². The number of aliphatic hydroxyl groups excluding tert-OH is 1. The molecule has 7 heteroatoms. The maximum absolute atomic E-state index is 12.7. The number of fused-ring (bicyclic) bond motifs is 1. The van der Waals surface area contributed by atoms with E-state index in [2.05, 4.69) is 9.97 Å². The van der Waals surface area contributed by atoms with E-state index in [1.54, 1.807) is 35.4 Å². The van der Waals surface area contributed by atoms with Crippen molar-refractivity contribution in [1.29, 1.82) is 0 Å². The quantitative estimate of drug-likeness (QED) is 0.715. The number of benzene rings is 1. The van der Waals surface area contributed by atoms with Gasteiger partial charge in [-0.3, -0.25) is 9.78 Å². The van der Waals surface area contributed by atoms with E-state index in [1.807, 2.05) is 18.3 Å². The summed E-state index contributed by atoms with van der Waals surface area (Å²) in [6, 6.07) is 10.6. The number of oxazole rings is 1. The number of amides is 1. The second-order valence-corrected chi connectivity index (χ2v) is 7.24. The molecule has 1 aromatic carbocycles. The van der Waals surface area contributed by atoms with Gasteiger partial charge in [0.1, 0.15) is 11.5 Å². The molecule has 1 aliphatic rings. The van der Waals surface area contributed by atoms with E-state index in [1.165, 1.54) is 0 Å². The number of nitrogens with zero attached hydrogens (tertiary/aromatic N) is 3. The summed E-state index contributed by atoms with van der Waals surface area (Å²) >= 11 is 5.87. The van der Waals surface area contributed by atoms with Crippen molar-refractivity contribution in [3.63, 3.8) is 0 Å². The summed E-state index contributed by atoms with van der Waals surface area (Å²) in [5.41, 5.74) is 2.42. The maximum Gasteiger partial charge on any atom is 0.256 e. The van der Waals surface area contributed by atoms with Gasteiger partial charge in [0.15, 0.2) is 12.0 Å². The molecule has 0 radical (unpaired) electrons. The largest absolute Gasteiger partial charge is 0.445 e. The highest BCUT2D eigenvalue weighted by atomic mass is 35.5. The van der Waals surface area contributed by atoms with Gasteiger partial charge in [-0.15, -0.1) is 0 Å². The molecule has 1 unspecified atom stereocenters. The van der Waals surface area contributed by atoms with Crippen LogP contribution in [0.2, 0.25) is 5.02 Å². The Balaban J connectivity index is 1.40. The van der Waals surface area contributed by atoms with Crippen molar-refractivity contribution >= 4 is 17.5 Å². The molecule has 1 aliphatic heterocycles. The van der Waals surface area contributed by atoms with E-state index in [-0.39, 0.29) is 5.91 Å². The minimum atomic E-state index is -1.21. The lowest BCUT2D eigenvalue weighted by atomic mass is 10.1. The Hall–Kier alpha value is -2.70. The molecule has 0 fully saturated rings. The third-order valence-electron chi connectivity index (χ3n) is 4.85. The van der Waals surface area contributed by atoms with Crippen LogP contribution in [0.1, 0.15) is 34.6 Å². The van der Waals surface area contributed by atoms with E-state index >= 15 is 0 Å². The minimum absolute atomic E-state index is 0.340. The number of rotatable bonds is 5. The topological polar surface area (TPSA) is 79.5 Å². The number of carbonyl (C=O) groups excluding carboxylic acids is 1. The van der Waals surface area contributed by atoms with Gasteiger partial charge in [0, 0.05) is 36.8 Å². The normalized spacial score (nSPS) is 14.6. The number of aliphatic hydroxyl groups is 1. The van der Waals surface area contributed by atoms with Crippen LogP contribution in [-0.4, -0.2) is 32.4 Å². The van der Waals surface area contributed by atoms with Crippen molar-refractivity contribution in [3.05, 3.63) is 82.3 Å². The number of pyridine rings is 1. The third kappa shape index (κ3) is 4.08. The molecule has 0 spiro atoms. The first-order chi connectivity index (χ1) is 13.6. The zero-order valence-electron chi connectivity index (χ0n) is 15.2. The first-order valence-electron chi connectivity index (χ1n) is 9.19. The van der Waals surface area contributed by atoms with E-state index in [4.69, 9.17) is 16.0 Å². The van der Waals surface area contributed by atoms with Crippen molar-refractivity contribution in [2.75, 3.05) is 6.54 Å². The average Bonchev–Trinajstić information content (AvgIpc) is 3.14. The number of aryl methyl sites for hydroxylation is 2. The molecule has 1 N–H and O–H groups in total. The molecule has 0 bridgehead atoms. The van der Waals surface area contributed by atoms with Gasteiger partial charge < -0.3 is 14.4 Å². The zero-order valence-corrected chi connectivity index (χ0v) is 16.0. The van der Waals surface area contributed by atoms with E-state index in [0.717, 1.165) is 23.4 Å². The third-order valence-corrected chi connectivity index (χ3v) is 5.11. The average molecular weight is 398 g/mol. The molecule has 4 rings (SSSR count). The number of hydrogen-bond acceptors (Lipinski definition) is 5. The maximum atomic E-state index is 12.7. The van der Waals surface area contributed by atoms with Crippen molar-refractivity contribution in [3.8, 4) is 0 Å². The standard InChI is InChI=1S/C21H20ClN3O3/c22-16-6-4-15(5-7-16)20(26)21(27)25-11-9-18-17(13-25)24-19(28-18)8-3-14-2-1-10-23-12-14/h1-2,4-7,10,12,20,26H,3,8-9,11,13H2. The van der Waals surface area contributed by atoms with Crippen LogP contribution in [0.15, 0.2) is 53.2 Å². The van der Waals surface area contributed by atoms with Crippen LogP contribution in [0.3, 0.4) is 0 Å². The fraction of sp³-hybridized carbons (Fsp3) is 0.286. The smallest absolute Gasteiger partial charge is 0.256 e. The molecule has 0 aliphatic carbocycles. The molecular formula is C21H20ClN3O3. The van der Waals surface area contributed by atoms with Crippen LogP contribution in [0, 0.1) is 0 Å². The van der Waals surface area contributed by atoms with Crippen LogP contribution >= 0.6 is 11.6 Å². The molecule has 28 heavy (non-hydrogen) atoms. The molecule has 144 valence electrons. The molecule has 1 atom stereocenters. The number of carbonyl (C=O) groups is 1. The highest BCUT2D eigenvalue weighted by Gasteiger charge is 2.29. The Morgan fingerprint density at radius 3 is 2.82 bits per heavy atom. The molecule has 2 aromatic heterocycles. The van der Waals surface area contributed by atoms with Crippen LogP contribution < -0.4 is 0 Å². The predicted molar refractivity (Wildman–Crippen MR) is 104 cm³/mol. The van der Waals surface area contributed by atoms with Crippen LogP contribution in [0.4, 0.5) is 0 Å².